The lowest BCUT2D eigenvalue weighted by atomic mass is 9.91. The van der Waals surface area contributed by atoms with Crippen LogP contribution in [0.1, 0.15) is 62.4 Å². The number of nitrogens with one attached hydrogen (secondary N) is 2. The molecule has 1 aromatic heterocycles. The maximum absolute atomic E-state index is 13.1. The van der Waals surface area contributed by atoms with E-state index in [1.807, 2.05) is 30.3 Å². The van der Waals surface area contributed by atoms with Crippen molar-refractivity contribution in [1.82, 2.24) is 20.3 Å². The molecule has 1 saturated carbocycles. The maximum Gasteiger partial charge on any atom is 0.429 e. The number of benzene rings is 1. The number of anilines is 1. The molecule has 0 aliphatic heterocycles. The molecule has 3 amide bonds. The molecule has 1 heterocycles. The van der Waals surface area contributed by atoms with Gasteiger partial charge in [0.05, 0.1) is 6.04 Å². The van der Waals surface area contributed by atoms with Gasteiger partial charge in [-0.25, -0.2) is 19.6 Å². The molecule has 0 saturated heterocycles. The first-order valence-electron chi connectivity index (χ1n) is 11.6. The number of hydrogen-bond donors (Lipinski definition) is 3. The third kappa shape index (κ3) is 7.98. The van der Waals surface area contributed by atoms with Gasteiger partial charge in [-0.1, -0.05) is 30.3 Å². The van der Waals surface area contributed by atoms with Crippen molar-refractivity contribution in [3.63, 3.8) is 0 Å². The Morgan fingerprint density at radius 3 is 2.42 bits per heavy atom. The predicted molar refractivity (Wildman–Crippen MR) is 133 cm³/mol. The number of carbonyl (C=O) groups is 3. The molecule has 1 fully saturated rings. The summed E-state index contributed by atoms with van der Waals surface area (Å²) < 4.78 is 10.9. The number of rotatable bonds is 7. The fraction of sp³-hybridized carbons (Fsp3) is 0.458. The summed E-state index contributed by atoms with van der Waals surface area (Å²) in [7, 11) is 0. The average Bonchev–Trinajstić information content (AvgIpc) is 2.81. The Bertz CT molecular complexity index is 1070. The highest BCUT2D eigenvalue weighted by Gasteiger charge is 2.33. The number of aromatic nitrogens is 2. The second-order valence-electron chi connectivity index (χ2n) is 9.44. The van der Waals surface area contributed by atoms with Crippen molar-refractivity contribution in [3.8, 4) is 0 Å². The molecule has 1 aliphatic rings. The molecular formula is C24H31ClN6O5. The van der Waals surface area contributed by atoms with E-state index >= 15 is 0 Å². The third-order valence-electron chi connectivity index (χ3n) is 5.44. The number of alkyl carbamates (subject to hydrolysis) is 1. The van der Waals surface area contributed by atoms with Gasteiger partial charge in [-0.15, -0.1) is 0 Å². The average molecular weight is 519 g/mol. The van der Waals surface area contributed by atoms with Crippen LogP contribution in [0.15, 0.2) is 36.5 Å². The molecule has 11 nitrogen and oxygen atoms in total. The molecule has 36 heavy (non-hydrogen) atoms. The second-order valence-corrected chi connectivity index (χ2v) is 9.78. The van der Waals surface area contributed by atoms with Crippen molar-refractivity contribution >= 4 is 35.5 Å². The lowest BCUT2D eigenvalue weighted by Crippen LogP contribution is -2.50. The SMILES string of the molecule is CC(C)(C)OC(=O)N(Nc1nc(Cl)ncc1C(N)=O)C1CCC(NC(=O)OCc2ccccc2)CC1. The van der Waals surface area contributed by atoms with Gasteiger partial charge < -0.3 is 20.5 Å². The number of primary amides is 1. The van der Waals surface area contributed by atoms with Gasteiger partial charge in [0.1, 0.15) is 17.8 Å². The van der Waals surface area contributed by atoms with Gasteiger partial charge in [-0.2, -0.15) is 4.98 Å². The van der Waals surface area contributed by atoms with E-state index in [1.165, 1.54) is 11.2 Å². The van der Waals surface area contributed by atoms with E-state index in [2.05, 4.69) is 20.7 Å². The first-order chi connectivity index (χ1) is 17.0. The van der Waals surface area contributed by atoms with Crippen LogP contribution < -0.4 is 16.5 Å². The standard InChI is InChI=1S/C24H31ClN6O5/c1-24(2,3)36-23(34)31(30-20-18(19(26)32)13-27-21(25)29-20)17-11-9-16(10-12-17)28-22(33)35-14-15-7-5-4-6-8-15/h4-8,13,16-17H,9-12,14H2,1-3H3,(H2,26,32)(H,28,33)(H,27,29,30). The Kier molecular flexibility index (Phi) is 8.92. The topological polar surface area (TPSA) is 149 Å². The summed E-state index contributed by atoms with van der Waals surface area (Å²) in [6.45, 7) is 5.44. The number of halogens is 1. The summed E-state index contributed by atoms with van der Waals surface area (Å²) in [4.78, 5) is 45.0. The Balaban J connectivity index is 1.64. The molecular weight excluding hydrogens is 488 g/mol. The summed E-state index contributed by atoms with van der Waals surface area (Å²) in [6, 6.07) is 8.99. The Morgan fingerprint density at radius 2 is 1.81 bits per heavy atom. The largest absolute Gasteiger partial charge is 0.445 e. The summed E-state index contributed by atoms with van der Waals surface area (Å²) in [6.07, 6.45) is 2.33. The van der Waals surface area contributed by atoms with Crippen molar-refractivity contribution in [3.05, 3.63) is 52.9 Å². The molecule has 4 N–H and O–H groups in total. The van der Waals surface area contributed by atoms with Crippen LogP contribution in [0.2, 0.25) is 5.28 Å². The van der Waals surface area contributed by atoms with Crippen LogP contribution in [0, 0.1) is 0 Å². The van der Waals surface area contributed by atoms with E-state index in [1.54, 1.807) is 20.8 Å². The zero-order chi connectivity index (χ0) is 26.3. The van der Waals surface area contributed by atoms with Crippen molar-refractivity contribution in [1.29, 1.82) is 0 Å². The highest BCUT2D eigenvalue weighted by molar-refractivity contribution is 6.28. The van der Waals surface area contributed by atoms with E-state index in [0.717, 1.165) is 5.56 Å². The molecule has 0 radical (unpaired) electrons. The normalized spacial score (nSPS) is 17.6. The summed E-state index contributed by atoms with van der Waals surface area (Å²) in [5.74, 6) is -0.779. The maximum atomic E-state index is 13.1. The minimum absolute atomic E-state index is 0.00176. The molecule has 1 aromatic carbocycles. The molecule has 0 unspecified atom stereocenters. The molecule has 0 atom stereocenters. The Labute approximate surface area is 214 Å². The van der Waals surface area contributed by atoms with Crippen LogP contribution in [0.5, 0.6) is 0 Å². The predicted octanol–water partition coefficient (Wildman–Crippen LogP) is 4.03. The van der Waals surface area contributed by atoms with Crippen LogP contribution in [0.25, 0.3) is 0 Å². The van der Waals surface area contributed by atoms with E-state index in [9.17, 15) is 14.4 Å². The van der Waals surface area contributed by atoms with E-state index in [4.69, 9.17) is 26.8 Å². The van der Waals surface area contributed by atoms with Crippen molar-refractivity contribution in [2.45, 2.75) is 70.7 Å². The van der Waals surface area contributed by atoms with Crippen molar-refractivity contribution in [2.24, 2.45) is 5.73 Å². The summed E-state index contributed by atoms with van der Waals surface area (Å²) in [5.41, 5.74) is 8.42. The van der Waals surface area contributed by atoms with E-state index < -0.39 is 23.7 Å². The van der Waals surface area contributed by atoms with Gasteiger partial charge in [0.2, 0.25) is 5.28 Å². The quantitative estimate of drug-likeness (QED) is 0.367. The van der Waals surface area contributed by atoms with Crippen LogP contribution in [0.4, 0.5) is 15.4 Å². The number of hydrogen-bond acceptors (Lipinski definition) is 8. The number of ether oxygens (including phenoxy) is 2. The van der Waals surface area contributed by atoms with Crippen LogP contribution >= 0.6 is 11.6 Å². The zero-order valence-corrected chi connectivity index (χ0v) is 21.2. The fourth-order valence-electron chi connectivity index (χ4n) is 3.75. The monoisotopic (exact) mass is 518 g/mol. The van der Waals surface area contributed by atoms with Gasteiger partial charge in [-0.3, -0.25) is 10.2 Å². The summed E-state index contributed by atoms with van der Waals surface area (Å²) in [5, 5.41) is 4.06. The Morgan fingerprint density at radius 1 is 1.14 bits per heavy atom. The number of carbonyl (C=O) groups excluding carboxylic acids is 3. The van der Waals surface area contributed by atoms with Crippen LogP contribution in [-0.2, 0) is 16.1 Å². The van der Waals surface area contributed by atoms with Gasteiger partial charge in [0, 0.05) is 12.2 Å². The second kappa shape index (κ2) is 11.9. The van der Waals surface area contributed by atoms with Gasteiger partial charge in [0.25, 0.3) is 5.91 Å². The van der Waals surface area contributed by atoms with Crippen molar-refractivity contribution < 1.29 is 23.9 Å². The highest BCUT2D eigenvalue weighted by Crippen LogP contribution is 2.26. The molecule has 1 aliphatic carbocycles. The molecule has 3 rings (SSSR count). The third-order valence-corrected chi connectivity index (χ3v) is 5.62. The number of nitrogens with zero attached hydrogens (tertiary/aromatic N) is 3. The fourth-order valence-corrected chi connectivity index (χ4v) is 3.88. The Hall–Kier alpha value is -3.60. The van der Waals surface area contributed by atoms with E-state index in [0.29, 0.717) is 25.7 Å². The lowest BCUT2D eigenvalue weighted by Gasteiger charge is -2.37. The first-order valence-corrected chi connectivity index (χ1v) is 12.0. The molecule has 12 heteroatoms. The smallest absolute Gasteiger partial charge is 0.429 e. The molecule has 0 spiro atoms. The minimum atomic E-state index is -0.778. The highest BCUT2D eigenvalue weighted by atomic mass is 35.5. The molecule has 0 bridgehead atoms. The van der Waals surface area contributed by atoms with Gasteiger partial charge >= 0.3 is 12.2 Å². The summed E-state index contributed by atoms with van der Waals surface area (Å²) >= 11 is 5.91. The number of hydrazine groups is 1. The van der Waals surface area contributed by atoms with Crippen molar-refractivity contribution in [2.75, 3.05) is 5.43 Å². The van der Waals surface area contributed by atoms with Crippen LogP contribution in [-0.4, -0.2) is 50.8 Å². The number of nitrogens with two attached hydrogens (primary N) is 1. The zero-order valence-electron chi connectivity index (χ0n) is 20.5. The van der Waals surface area contributed by atoms with E-state index in [-0.39, 0.29) is 35.4 Å². The first kappa shape index (κ1) is 27.0. The molecule has 194 valence electrons. The molecule has 2 aromatic rings. The minimum Gasteiger partial charge on any atom is -0.445 e. The van der Waals surface area contributed by atoms with Gasteiger partial charge in [0.15, 0.2) is 5.82 Å². The van der Waals surface area contributed by atoms with Gasteiger partial charge in [-0.05, 0) is 63.6 Å². The van der Waals surface area contributed by atoms with Crippen LogP contribution in [0.3, 0.4) is 0 Å². The number of amides is 3. The lowest BCUT2D eigenvalue weighted by molar-refractivity contribution is 0.0173.